The summed E-state index contributed by atoms with van der Waals surface area (Å²) in [5.74, 6) is -0.629. The molecule has 2 heterocycles. The fourth-order valence-electron chi connectivity index (χ4n) is 5.30. The zero-order valence-electron chi connectivity index (χ0n) is 21.9. The lowest BCUT2D eigenvalue weighted by atomic mass is 9.62. The number of halogens is 1. The van der Waals surface area contributed by atoms with Gasteiger partial charge in [-0.05, 0) is 71.1 Å². The first-order valence-electron chi connectivity index (χ1n) is 12.7. The molecule has 2 saturated heterocycles. The Labute approximate surface area is 204 Å². The van der Waals surface area contributed by atoms with Gasteiger partial charge < -0.3 is 15.0 Å². The highest BCUT2D eigenvalue weighted by molar-refractivity contribution is 5.84. The van der Waals surface area contributed by atoms with Crippen molar-refractivity contribution in [3.63, 3.8) is 0 Å². The monoisotopic (exact) mass is 475 g/mol. The molecule has 1 aromatic carbocycles. The number of hydrogen-bond donors (Lipinski definition) is 1. The van der Waals surface area contributed by atoms with E-state index < -0.39 is 11.6 Å². The van der Waals surface area contributed by atoms with Crippen LogP contribution in [0, 0.1) is 17.2 Å². The molecule has 1 unspecified atom stereocenters. The number of amides is 2. The average molecular weight is 476 g/mol. The number of benzene rings is 1. The van der Waals surface area contributed by atoms with Crippen molar-refractivity contribution < 1.29 is 18.7 Å². The van der Waals surface area contributed by atoms with E-state index >= 15 is 0 Å². The number of nitrogens with zero attached hydrogens (tertiary/aromatic N) is 2. The molecule has 1 aromatic rings. The smallest absolute Gasteiger partial charge is 0.329 e. The molecule has 6 nitrogen and oxygen atoms in total. The number of urea groups is 1. The molecule has 190 valence electrons. The van der Waals surface area contributed by atoms with E-state index in [-0.39, 0.29) is 35.2 Å². The van der Waals surface area contributed by atoms with E-state index in [4.69, 9.17) is 4.74 Å². The average Bonchev–Trinajstić information content (AvgIpc) is 2.75. The highest BCUT2D eigenvalue weighted by atomic mass is 19.1. The summed E-state index contributed by atoms with van der Waals surface area (Å²) >= 11 is 0. The number of esters is 1. The summed E-state index contributed by atoms with van der Waals surface area (Å²) in [6.45, 7) is 16.1. The quantitative estimate of drug-likeness (QED) is 0.579. The summed E-state index contributed by atoms with van der Waals surface area (Å²) in [6.07, 6.45) is 2.52. The summed E-state index contributed by atoms with van der Waals surface area (Å²) in [4.78, 5) is 30.2. The molecule has 2 aliphatic rings. The molecule has 0 bridgehead atoms. The van der Waals surface area contributed by atoms with E-state index in [2.05, 4.69) is 24.1 Å². The van der Waals surface area contributed by atoms with E-state index in [0.717, 1.165) is 31.4 Å². The number of ether oxygens (including phenoxy) is 1. The molecule has 2 aliphatic heterocycles. The Kier molecular flexibility index (Phi) is 7.96. The first kappa shape index (κ1) is 26.5. The molecule has 2 fully saturated rings. The summed E-state index contributed by atoms with van der Waals surface area (Å²) in [7, 11) is 0. The molecule has 2 amide bonds. The number of likely N-dealkylation sites (tertiary alicyclic amines) is 2. The minimum atomic E-state index is -0.667. The van der Waals surface area contributed by atoms with Crippen LogP contribution in [0.3, 0.4) is 0 Å². The van der Waals surface area contributed by atoms with E-state index in [1.807, 2.05) is 51.7 Å². The number of carbonyl (C=O) groups is 2. The number of carbonyl (C=O) groups excluding carboxylic acids is 2. The zero-order chi connectivity index (χ0) is 25.3. The van der Waals surface area contributed by atoms with Crippen molar-refractivity contribution in [3.8, 4) is 0 Å². The van der Waals surface area contributed by atoms with Crippen LogP contribution in [0.4, 0.5) is 9.18 Å². The highest BCUT2D eigenvalue weighted by Crippen LogP contribution is 2.55. The van der Waals surface area contributed by atoms with Crippen molar-refractivity contribution >= 4 is 12.0 Å². The predicted octanol–water partition coefficient (Wildman–Crippen LogP) is 5.14. The Morgan fingerprint density at radius 2 is 1.74 bits per heavy atom. The number of piperidine rings is 1. The van der Waals surface area contributed by atoms with Crippen LogP contribution in [-0.4, -0.2) is 59.1 Å². The third kappa shape index (κ3) is 5.73. The maximum Gasteiger partial charge on any atom is 0.329 e. The van der Waals surface area contributed by atoms with Crippen LogP contribution in [0.2, 0.25) is 0 Å². The van der Waals surface area contributed by atoms with E-state index in [1.165, 1.54) is 12.1 Å². The Morgan fingerprint density at radius 1 is 1.15 bits per heavy atom. The second-order valence-electron chi connectivity index (χ2n) is 11.4. The summed E-state index contributed by atoms with van der Waals surface area (Å²) in [5.41, 5.74) is 0.619. The van der Waals surface area contributed by atoms with E-state index in [0.29, 0.717) is 19.1 Å². The van der Waals surface area contributed by atoms with Crippen LogP contribution >= 0.6 is 0 Å². The van der Waals surface area contributed by atoms with Gasteiger partial charge in [0.15, 0.2) is 0 Å². The van der Waals surface area contributed by atoms with Gasteiger partial charge in [0.25, 0.3) is 0 Å². The number of rotatable bonds is 6. The SMILES string of the molecule is CC[C@H](C)[C@H](NC(=O)N1CCC2(CC1)CN(C(C)C)C2c1ccc(F)cc1)C(=O)OC(C)(C)C. The molecule has 0 radical (unpaired) electrons. The van der Waals surface area contributed by atoms with Gasteiger partial charge in [-0.2, -0.15) is 0 Å². The molecule has 1 N–H and O–H groups in total. The maximum absolute atomic E-state index is 13.5. The second-order valence-corrected chi connectivity index (χ2v) is 11.4. The van der Waals surface area contributed by atoms with Gasteiger partial charge in [-0.15, -0.1) is 0 Å². The minimum absolute atomic E-state index is 0.0241. The summed E-state index contributed by atoms with van der Waals surface area (Å²) < 4.78 is 19.1. The molecule has 3 rings (SSSR count). The van der Waals surface area contributed by atoms with Gasteiger partial charge >= 0.3 is 12.0 Å². The van der Waals surface area contributed by atoms with Crippen LogP contribution < -0.4 is 5.32 Å². The molecular weight excluding hydrogens is 433 g/mol. The molecule has 0 aromatic heterocycles. The molecule has 1 spiro atoms. The molecule has 34 heavy (non-hydrogen) atoms. The summed E-state index contributed by atoms with van der Waals surface area (Å²) in [5, 5.41) is 2.96. The maximum atomic E-state index is 13.5. The first-order valence-corrected chi connectivity index (χ1v) is 12.7. The van der Waals surface area contributed by atoms with Gasteiger partial charge in [-0.1, -0.05) is 32.4 Å². The zero-order valence-corrected chi connectivity index (χ0v) is 21.9. The van der Waals surface area contributed by atoms with Gasteiger partial charge in [-0.3, -0.25) is 4.90 Å². The Bertz CT molecular complexity index is 857. The Morgan fingerprint density at radius 3 is 2.24 bits per heavy atom. The largest absolute Gasteiger partial charge is 0.458 e. The number of hydrogen-bond acceptors (Lipinski definition) is 4. The molecular formula is C27H42FN3O3. The van der Waals surface area contributed by atoms with E-state index in [1.54, 1.807) is 0 Å². The minimum Gasteiger partial charge on any atom is -0.458 e. The van der Waals surface area contributed by atoms with Gasteiger partial charge in [0, 0.05) is 37.1 Å². The van der Waals surface area contributed by atoms with Crippen molar-refractivity contribution in [3.05, 3.63) is 35.6 Å². The molecule has 7 heteroatoms. The first-order chi connectivity index (χ1) is 15.9. The molecule has 0 saturated carbocycles. The third-order valence-electron chi connectivity index (χ3n) is 7.46. The van der Waals surface area contributed by atoms with Crippen LogP contribution in [0.1, 0.15) is 79.3 Å². The van der Waals surface area contributed by atoms with Crippen LogP contribution in [-0.2, 0) is 9.53 Å². The van der Waals surface area contributed by atoms with Crippen LogP contribution in [0.15, 0.2) is 24.3 Å². The molecule has 3 atom stereocenters. The number of nitrogens with one attached hydrogen (secondary N) is 1. The van der Waals surface area contributed by atoms with Crippen molar-refractivity contribution in [2.45, 2.75) is 91.5 Å². The second kappa shape index (κ2) is 10.2. The van der Waals surface area contributed by atoms with E-state index in [9.17, 15) is 14.0 Å². The van der Waals surface area contributed by atoms with Crippen LogP contribution in [0.25, 0.3) is 0 Å². The Balaban J connectivity index is 1.67. The fraction of sp³-hybridized carbons (Fsp3) is 0.704. The topological polar surface area (TPSA) is 61.9 Å². The van der Waals surface area contributed by atoms with Gasteiger partial charge in [-0.25, -0.2) is 14.0 Å². The molecule has 0 aliphatic carbocycles. The van der Waals surface area contributed by atoms with Gasteiger partial charge in [0.1, 0.15) is 17.5 Å². The van der Waals surface area contributed by atoms with Crippen molar-refractivity contribution in [2.75, 3.05) is 19.6 Å². The lowest BCUT2D eigenvalue weighted by molar-refractivity contribution is -0.158. The van der Waals surface area contributed by atoms with Crippen molar-refractivity contribution in [2.24, 2.45) is 11.3 Å². The van der Waals surface area contributed by atoms with Gasteiger partial charge in [0.05, 0.1) is 0 Å². The standard InChI is InChI=1S/C27H42FN3O3/c1-8-19(4)22(24(32)34-26(5,6)7)29-25(33)30-15-13-27(14-16-30)17-31(18(2)3)23(27)20-9-11-21(28)12-10-20/h9-12,18-19,22-23H,8,13-17H2,1-7H3,(H,29,33)/t19-,22-,23?/m0/s1. The third-order valence-corrected chi connectivity index (χ3v) is 7.46. The normalized spacial score (nSPS) is 22.3. The van der Waals surface area contributed by atoms with Crippen molar-refractivity contribution in [1.29, 1.82) is 0 Å². The lowest BCUT2D eigenvalue weighted by Crippen LogP contribution is -2.64. The predicted molar refractivity (Wildman–Crippen MR) is 132 cm³/mol. The Hall–Kier alpha value is -2.15. The fourth-order valence-corrected chi connectivity index (χ4v) is 5.30. The van der Waals surface area contributed by atoms with Gasteiger partial charge in [0.2, 0.25) is 0 Å². The summed E-state index contributed by atoms with van der Waals surface area (Å²) in [6, 6.07) is 6.62. The highest BCUT2D eigenvalue weighted by Gasteiger charge is 2.55. The van der Waals surface area contributed by atoms with Crippen molar-refractivity contribution in [1.82, 2.24) is 15.1 Å². The van der Waals surface area contributed by atoms with Crippen LogP contribution in [0.5, 0.6) is 0 Å². The lowest BCUT2D eigenvalue weighted by Gasteiger charge is -2.62.